The Hall–Kier alpha value is -0.120. The smallest absolute Gasteiger partial charge is 0.0113 e. The average molecular weight is 269 g/mol. The van der Waals surface area contributed by atoms with Crippen LogP contribution in [0.5, 0.6) is 0 Å². The Morgan fingerprint density at radius 1 is 0.947 bits per heavy atom. The monoisotopic (exact) mass is 269 g/mol. The zero-order valence-electron chi connectivity index (χ0n) is 14.0. The van der Waals surface area contributed by atoms with E-state index in [-0.39, 0.29) is 5.54 Å². The summed E-state index contributed by atoms with van der Waals surface area (Å²) >= 11 is 0. The molecule has 0 aromatic heterocycles. The van der Waals surface area contributed by atoms with Crippen molar-refractivity contribution in [3.63, 3.8) is 0 Å². The highest BCUT2D eigenvalue weighted by molar-refractivity contribution is 4.80. The summed E-state index contributed by atoms with van der Waals surface area (Å²) in [6.45, 7) is 19.8. The molecular formula is C16H35N3. The van der Waals surface area contributed by atoms with Crippen LogP contribution in [0.3, 0.4) is 0 Å². The van der Waals surface area contributed by atoms with E-state index in [1.54, 1.807) is 0 Å². The Morgan fingerprint density at radius 2 is 1.42 bits per heavy atom. The highest BCUT2D eigenvalue weighted by Crippen LogP contribution is 2.12. The molecule has 1 fully saturated rings. The van der Waals surface area contributed by atoms with Crippen LogP contribution in [-0.2, 0) is 0 Å². The van der Waals surface area contributed by atoms with Crippen LogP contribution in [0.25, 0.3) is 0 Å². The summed E-state index contributed by atoms with van der Waals surface area (Å²) in [5.41, 5.74) is 0.245. The SMILES string of the molecule is CCC(C)N1CCN(C(C)CCNC(C)(C)C)CC1. The Kier molecular flexibility index (Phi) is 6.78. The molecule has 114 valence electrons. The van der Waals surface area contributed by atoms with Gasteiger partial charge in [0.05, 0.1) is 0 Å². The fourth-order valence-corrected chi connectivity index (χ4v) is 2.72. The number of hydrogen-bond acceptors (Lipinski definition) is 3. The predicted molar refractivity (Wildman–Crippen MR) is 84.7 cm³/mol. The molecule has 1 N–H and O–H groups in total. The van der Waals surface area contributed by atoms with Crippen LogP contribution in [0.4, 0.5) is 0 Å². The van der Waals surface area contributed by atoms with Crippen LogP contribution in [0, 0.1) is 0 Å². The minimum Gasteiger partial charge on any atom is -0.312 e. The van der Waals surface area contributed by atoms with Gasteiger partial charge in [-0.1, -0.05) is 6.92 Å². The van der Waals surface area contributed by atoms with E-state index in [1.807, 2.05) is 0 Å². The third kappa shape index (κ3) is 6.24. The van der Waals surface area contributed by atoms with Crippen LogP contribution in [0.2, 0.25) is 0 Å². The summed E-state index contributed by atoms with van der Waals surface area (Å²) in [6, 6.07) is 1.45. The summed E-state index contributed by atoms with van der Waals surface area (Å²) in [5, 5.41) is 3.59. The fourth-order valence-electron chi connectivity index (χ4n) is 2.72. The third-order valence-corrected chi connectivity index (χ3v) is 4.40. The van der Waals surface area contributed by atoms with Gasteiger partial charge in [-0.05, 0) is 54.0 Å². The van der Waals surface area contributed by atoms with Gasteiger partial charge in [-0.3, -0.25) is 9.80 Å². The van der Waals surface area contributed by atoms with Gasteiger partial charge in [0.2, 0.25) is 0 Å². The Bertz CT molecular complexity index is 239. The van der Waals surface area contributed by atoms with Gasteiger partial charge in [-0.2, -0.15) is 0 Å². The first-order chi connectivity index (χ1) is 8.83. The minimum absolute atomic E-state index is 0.245. The summed E-state index contributed by atoms with van der Waals surface area (Å²) in [5.74, 6) is 0. The number of rotatable bonds is 6. The van der Waals surface area contributed by atoms with Gasteiger partial charge >= 0.3 is 0 Å². The van der Waals surface area contributed by atoms with Gasteiger partial charge in [-0.15, -0.1) is 0 Å². The standard InChI is InChI=1S/C16H35N3/c1-7-14(2)18-10-12-19(13-11-18)15(3)8-9-17-16(4,5)6/h14-15,17H,7-13H2,1-6H3. The van der Waals surface area contributed by atoms with Crippen molar-refractivity contribution in [2.45, 2.75) is 72.0 Å². The maximum Gasteiger partial charge on any atom is 0.0113 e. The zero-order valence-corrected chi connectivity index (χ0v) is 14.0. The van der Waals surface area contributed by atoms with Crippen LogP contribution in [0.1, 0.15) is 54.4 Å². The van der Waals surface area contributed by atoms with Crippen LogP contribution in [-0.4, -0.2) is 60.1 Å². The van der Waals surface area contributed by atoms with Crippen molar-refractivity contribution in [1.82, 2.24) is 15.1 Å². The Balaban J connectivity index is 2.23. The van der Waals surface area contributed by atoms with E-state index in [9.17, 15) is 0 Å². The largest absolute Gasteiger partial charge is 0.312 e. The number of nitrogens with zero attached hydrogens (tertiary/aromatic N) is 2. The van der Waals surface area contributed by atoms with E-state index < -0.39 is 0 Å². The van der Waals surface area contributed by atoms with Crippen molar-refractivity contribution < 1.29 is 0 Å². The van der Waals surface area contributed by atoms with E-state index in [0.29, 0.717) is 6.04 Å². The Labute approximate surface area is 120 Å². The molecule has 1 heterocycles. The molecule has 0 aliphatic carbocycles. The lowest BCUT2D eigenvalue weighted by Crippen LogP contribution is -2.52. The summed E-state index contributed by atoms with van der Waals surface area (Å²) in [4.78, 5) is 5.29. The van der Waals surface area contributed by atoms with Gasteiger partial charge in [0.1, 0.15) is 0 Å². The third-order valence-electron chi connectivity index (χ3n) is 4.40. The van der Waals surface area contributed by atoms with Crippen molar-refractivity contribution in [3.8, 4) is 0 Å². The minimum atomic E-state index is 0.245. The molecule has 0 spiro atoms. The lowest BCUT2D eigenvalue weighted by atomic mass is 10.1. The maximum absolute atomic E-state index is 3.59. The molecule has 1 aliphatic heterocycles. The normalized spacial score (nSPS) is 22.4. The summed E-state index contributed by atoms with van der Waals surface area (Å²) < 4.78 is 0. The maximum atomic E-state index is 3.59. The molecular weight excluding hydrogens is 234 g/mol. The second kappa shape index (κ2) is 7.61. The number of nitrogens with one attached hydrogen (secondary N) is 1. The molecule has 0 radical (unpaired) electrons. The van der Waals surface area contributed by atoms with Gasteiger partial charge < -0.3 is 5.32 Å². The highest BCUT2D eigenvalue weighted by atomic mass is 15.3. The highest BCUT2D eigenvalue weighted by Gasteiger charge is 2.23. The van der Waals surface area contributed by atoms with Crippen molar-refractivity contribution in [1.29, 1.82) is 0 Å². The van der Waals surface area contributed by atoms with E-state index in [4.69, 9.17) is 0 Å². The van der Waals surface area contributed by atoms with Crippen molar-refractivity contribution in [2.75, 3.05) is 32.7 Å². The van der Waals surface area contributed by atoms with Gasteiger partial charge in [0, 0.05) is 43.8 Å². The fraction of sp³-hybridized carbons (Fsp3) is 1.00. The molecule has 0 aromatic carbocycles. The number of piperazine rings is 1. The van der Waals surface area contributed by atoms with E-state index in [1.165, 1.54) is 39.0 Å². The lowest BCUT2D eigenvalue weighted by Gasteiger charge is -2.40. The van der Waals surface area contributed by atoms with Crippen LogP contribution < -0.4 is 5.32 Å². The molecule has 0 saturated carbocycles. The predicted octanol–water partition coefficient (Wildman–Crippen LogP) is 2.57. The van der Waals surface area contributed by atoms with E-state index in [2.05, 4.69) is 56.7 Å². The molecule has 1 saturated heterocycles. The molecule has 1 rings (SSSR count). The van der Waals surface area contributed by atoms with Crippen molar-refractivity contribution >= 4 is 0 Å². The summed E-state index contributed by atoms with van der Waals surface area (Å²) in [6.07, 6.45) is 2.52. The molecule has 3 heteroatoms. The first-order valence-electron chi connectivity index (χ1n) is 8.06. The van der Waals surface area contributed by atoms with Crippen LogP contribution >= 0.6 is 0 Å². The first kappa shape index (κ1) is 16.9. The van der Waals surface area contributed by atoms with Gasteiger partial charge in [0.15, 0.2) is 0 Å². The number of hydrogen-bond donors (Lipinski definition) is 1. The zero-order chi connectivity index (χ0) is 14.5. The van der Waals surface area contributed by atoms with Gasteiger partial charge in [0.25, 0.3) is 0 Å². The average Bonchev–Trinajstić information content (AvgIpc) is 2.36. The van der Waals surface area contributed by atoms with E-state index >= 15 is 0 Å². The molecule has 3 nitrogen and oxygen atoms in total. The van der Waals surface area contributed by atoms with Crippen molar-refractivity contribution in [3.05, 3.63) is 0 Å². The molecule has 19 heavy (non-hydrogen) atoms. The second-order valence-corrected chi connectivity index (χ2v) is 7.14. The molecule has 2 atom stereocenters. The molecule has 1 aliphatic rings. The van der Waals surface area contributed by atoms with E-state index in [0.717, 1.165) is 12.6 Å². The topological polar surface area (TPSA) is 18.5 Å². The van der Waals surface area contributed by atoms with Crippen LogP contribution in [0.15, 0.2) is 0 Å². The molecule has 0 bridgehead atoms. The summed E-state index contributed by atoms with van der Waals surface area (Å²) in [7, 11) is 0. The molecule has 0 amide bonds. The van der Waals surface area contributed by atoms with Crippen molar-refractivity contribution in [2.24, 2.45) is 0 Å². The molecule has 0 aromatic rings. The first-order valence-corrected chi connectivity index (χ1v) is 8.06. The quantitative estimate of drug-likeness (QED) is 0.799. The second-order valence-electron chi connectivity index (χ2n) is 7.14. The van der Waals surface area contributed by atoms with Gasteiger partial charge in [-0.25, -0.2) is 0 Å². The molecule has 2 unspecified atom stereocenters. The lowest BCUT2D eigenvalue weighted by molar-refractivity contribution is 0.0744. The Morgan fingerprint density at radius 3 is 1.84 bits per heavy atom.